The summed E-state index contributed by atoms with van der Waals surface area (Å²) >= 11 is 0. The fourth-order valence-corrected chi connectivity index (χ4v) is 10.1. The molecule has 5 aromatic heterocycles. The van der Waals surface area contributed by atoms with Crippen LogP contribution in [0, 0.1) is 0 Å². The summed E-state index contributed by atoms with van der Waals surface area (Å²) in [6, 6.07) is 79.9. The fourth-order valence-electron chi connectivity index (χ4n) is 10.1. The summed E-state index contributed by atoms with van der Waals surface area (Å²) < 4.78 is 6.47. The van der Waals surface area contributed by atoms with E-state index in [1.807, 2.05) is 108 Å². The lowest BCUT2D eigenvalue weighted by molar-refractivity contribution is 0.908. The van der Waals surface area contributed by atoms with Crippen molar-refractivity contribution in [1.29, 1.82) is 0 Å². The topological polar surface area (TPSA) is 92.1 Å². The molecule has 0 saturated heterocycles. The number of rotatable bonds is 8. The van der Waals surface area contributed by atoms with Gasteiger partial charge >= 0.3 is 0 Å². The maximum atomic E-state index is 5.38. The van der Waals surface area contributed by atoms with Gasteiger partial charge in [0.2, 0.25) is 5.95 Å². The highest BCUT2D eigenvalue weighted by Crippen LogP contribution is 2.39. The van der Waals surface area contributed by atoms with Gasteiger partial charge in [-0.1, -0.05) is 170 Å². The van der Waals surface area contributed by atoms with E-state index in [1.165, 1.54) is 5.39 Å². The van der Waals surface area contributed by atoms with Crippen molar-refractivity contribution in [2.45, 2.75) is 0 Å². The molecule has 0 atom stereocenters. The lowest BCUT2D eigenvalue weighted by Crippen LogP contribution is -2.05. The van der Waals surface area contributed by atoms with Gasteiger partial charge in [-0.3, -0.25) is 4.57 Å². The molecule has 9 aromatic carbocycles. The van der Waals surface area contributed by atoms with Crippen molar-refractivity contribution < 1.29 is 0 Å². The first-order chi connectivity index (χ1) is 35.2. The van der Waals surface area contributed by atoms with Gasteiger partial charge in [-0.05, 0) is 71.8 Å². The van der Waals surface area contributed by atoms with Crippen LogP contribution in [0.25, 0.3) is 129 Å². The summed E-state index contributed by atoms with van der Waals surface area (Å²) in [5, 5.41) is 9.41. The first kappa shape index (κ1) is 40.2. The molecular formula is C62H39N9. The van der Waals surface area contributed by atoms with Crippen LogP contribution in [0.3, 0.4) is 0 Å². The second-order valence-corrected chi connectivity index (χ2v) is 17.6. The van der Waals surface area contributed by atoms with Gasteiger partial charge in [0, 0.05) is 49.5 Å². The highest BCUT2D eigenvalue weighted by molar-refractivity contribution is 6.13. The molecule has 0 bridgehead atoms. The Morgan fingerprint density at radius 1 is 0.296 bits per heavy atom. The van der Waals surface area contributed by atoms with Crippen LogP contribution in [0.15, 0.2) is 237 Å². The van der Waals surface area contributed by atoms with E-state index in [0.717, 1.165) is 99.7 Å². The van der Waals surface area contributed by atoms with Gasteiger partial charge in [-0.15, -0.1) is 0 Å². The number of hydrogen-bond acceptors (Lipinski definition) is 6. The van der Waals surface area contributed by atoms with E-state index in [9.17, 15) is 0 Å². The van der Waals surface area contributed by atoms with Crippen LogP contribution in [-0.2, 0) is 0 Å². The molecular weight excluding hydrogens is 871 g/mol. The lowest BCUT2D eigenvalue weighted by Gasteiger charge is -2.12. The van der Waals surface area contributed by atoms with Gasteiger partial charge in [0.05, 0.1) is 34.0 Å². The van der Waals surface area contributed by atoms with Gasteiger partial charge in [0.1, 0.15) is 16.7 Å². The third-order valence-electron chi connectivity index (χ3n) is 13.4. The van der Waals surface area contributed by atoms with E-state index < -0.39 is 0 Å². The normalized spacial score (nSPS) is 11.7. The largest absolute Gasteiger partial charge is 0.309 e. The Labute approximate surface area is 407 Å². The summed E-state index contributed by atoms with van der Waals surface area (Å²) in [6.45, 7) is 0. The molecule has 71 heavy (non-hydrogen) atoms. The maximum absolute atomic E-state index is 5.38. The fraction of sp³-hybridized carbons (Fsp3) is 0. The highest BCUT2D eigenvalue weighted by atomic mass is 15.3. The van der Waals surface area contributed by atoms with Crippen molar-refractivity contribution in [1.82, 2.24) is 43.8 Å². The van der Waals surface area contributed by atoms with Crippen molar-refractivity contribution in [3.63, 3.8) is 0 Å². The molecule has 0 saturated carbocycles. The molecule has 0 aliphatic carbocycles. The van der Waals surface area contributed by atoms with Gasteiger partial charge < -0.3 is 4.57 Å². The van der Waals surface area contributed by atoms with Gasteiger partial charge in [0.15, 0.2) is 17.5 Å². The van der Waals surface area contributed by atoms with Crippen molar-refractivity contribution in [2.75, 3.05) is 0 Å². The molecule has 9 heteroatoms. The Morgan fingerprint density at radius 2 is 0.761 bits per heavy atom. The number of nitrogens with zero attached hydrogens (tertiary/aromatic N) is 9. The molecule has 0 aliphatic rings. The Balaban J connectivity index is 0.888. The van der Waals surface area contributed by atoms with Gasteiger partial charge in [-0.25, -0.2) is 29.6 Å². The number of hydrogen-bond donors (Lipinski definition) is 0. The van der Waals surface area contributed by atoms with E-state index in [4.69, 9.17) is 30.0 Å². The molecule has 14 rings (SSSR count). The Hall–Kier alpha value is -9.86. The van der Waals surface area contributed by atoms with Crippen LogP contribution >= 0.6 is 0 Å². The smallest absolute Gasteiger partial charge is 0.235 e. The summed E-state index contributed by atoms with van der Waals surface area (Å²) in [7, 11) is 0. The molecule has 0 spiro atoms. The molecule has 0 N–H and O–H groups in total. The van der Waals surface area contributed by atoms with Crippen LogP contribution in [0.2, 0.25) is 0 Å². The third-order valence-corrected chi connectivity index (χ3v) is 13.4. The minimum absolute atomic E-state index is 0.588. The van der Waals surface area contributed by atoms with Crippen LogP contribution in [0.1, 0.15) is 0 Å². The molecule has 5 heterocycles. The van der Waals surface area contributed by atoms with Crippen LogP contribution in [0.5, 0.6) is 0 Å². The first-order valence-corrected chi connectivity index (χ1v) is 23.6. The molecule has 332 valence electrons. The minimum Gasteiger partial charge on any atom is -0.309 e. The zero-order valence-corrected chi connectivity index (χ0v) is 38.0. The molecule has 0 fully saturated rings. The number of fused-ring (bicyclic) bond motifs is 7. The Kier molecular flexibility index (Phi) is 9.31. The van der Waals surface area contributed by atoms with Crippen LogP contribution < -0.4 is 0 Å². The van der Waals surface area contributed by atoms with Crippen LogP contribution in [0.4, 0.5) is 0 Å². The average molecular weight is 910 g/mol. The summed E-state index contributed by atoms with van der Waals surface area (Å²) in [5.74, 6) is 2.46. The average Bonchev–Trinajstić information content (AvgIpc) is 4.14. The number of aromatic nitrogens is 9. The third kappa shape index (κ3) is 6.78. The predicted molar refractivity (Wildman–Crippen MR) is 286 cm³/mol. The van der Waals surface area contributed by atoms with Crippen molar-refractivity contribution in [3.8, 4) is 73.9 Å². The standard InChI is InChI=1S/C62H39N9/c1-5-18-40(19-6-1)57-58-52(39-63-71(58)46-25-11-4-12-26-46)64-62(65-57)70-54-31-16-14-29-49(54)51-38-44(33-35-56(51)70)43-32-34-55-50(37-43)48-28-13-15-30-53(48)69(55)47-27-17-24-45(36-47)61-67-59(41-20-7-2-8-21-41)66-60(68-61)42-22-9-3-10-23-42/h1-39H. The second kappa shape index (κ2) is 16.4. The van der Waals surface area contributed by atoms with Crippen molar-refractivity contribution in [2.24, 2.45) is 0 Å². The van der Waals surface area contributed by atoms with E-state index in [2.05, 4.69) is 143 Å². The van der Waals surface area contributed by atoms with E-state index >= 15 is 0 Å². The zero-order valence-electron chi connectivity index (χ0n) is 38.0. The summed E-state index contributed by atoms with van der Waals surface area (Å²) in [5.41, 5.74) is 14.7. The molecule has 9 nitrogen and oxygen atoms in total. The Morgan fingerprint density at radius 3 is 1.37 bits per heavy atom. The number of benzene rings is 9. The highest BCUT2D eigenvalue weighted by Gasteiger charge is 2.22. The molecule has 0 unspecified atom stereocenters. The van der Waals surface area contributed by atoms with Gasteiger partial charge in [-0.2, -0.15) is 5.10 Å². The molecule has 0 radical (unpaired) electrons. The predicted octanol–water partition coefficient (Wildman–Crippen LogP) is 14.5. The van der Waals surface area contributed by atoms with Gasteiger partial charge in [0.25, 0.3) is 0 Å². The Bertz CT molecular complexity index is 4270. The number of para-hydroxylation sites is 3. The van der Waals surface area contributed by atoms with E-state index in [-0.39, 0.29) is 0 Å². The van der Waals surface area contributed by atoms with E-state index in [0.29, 0.717) is 23.4 Å². The van der Waals surface area contributed by atoms with E-state index in [1.54, 1.807) is 0 Å². The molecule has 0 amide bonds. The SMILES string of the molecule is c1ccc(-c2nc(-c3ccccc3)nc(-c3cccc(-n4c5ccccc5c5cc(-c6ccc7c(c6)c6ccccc6n7-c6nc(-c7ccccc7)c7c(cnn7-c7ccccc7)n6)ccc54)c3)n2)cc1. The maximum Gasteiger partial charge on any atom is 0.235 e. The van der Waals surface area contributed by atoms with Crippen molar-refractivity contribution >= 4 is 54.6 Å². The minimum atomic E-state index is 0.588. The molecule has 0 aliphatic heterocycles. The zero-order chi connectivity index (χ0) is 46.8. The summed E-state index contributed by atoms with van der Waals surface area (Å²) in [4.78, 5) is 25.6. The van der Waals surface area contributed by atoms with Crippen LogP contribution in [-0.4, -0.2) is 43.8 Å². The second-order valence-electron chi connectivity index (χ2n) is 17.6. The van der Waals surface area contributed by atoms with Crippen molar-refractivity contribution in [3.05, 3.63) is 237 Å². The first-order valence-electron chi connectivity index (χ1n) is 23.6. The molecule has 14 aromatic rings. The summed E-state index contributed by atoms with van der Waals surface area (Å²) in [6.07, 6.45) is 1.84. The lowest BCUT2D eigenvalue weighted by atomic mass is 10.0. The quantitative estimate of drug-likeness (QED) is 0.151. The monoisotopic (exact) mass is 909 g/mol.